The third kappa shape index (κ3) is 3.19. The van der Waals surface area contributed by atoms with Crippen LogP contribution in [0, 0.1) is 11.3 Å². The van der Waals surface area contributed by atoms with Crippen LogP contribution in [0.3, 0.4) is 0 Å². The molecule has 0 spiro atoms. The van der Waals surface area contributed by atoms with Gasteiger partial charge in [-0.05, 0) is 52.3 Å². The van der Waals surface area contributed by atoms with E-state index in [9.17, 15) is 0 Å². The summed E-state index contributed by atoms with van der Waals surface area (Å²) in [6.45, 7) is 0. The number of methoxy groups -OCH3 is 1. The molecule has 0 unspecified atom stereocenters. The van der Waals surface area contributed by atoms with E-state index in [2.05, 4.69) is 27.3 Å². The first kappa shape index (κ1) is 13.7. The van der Waals surface area contributed by atoms with Crippen LogP contribution in [0.25, 0.3) is 0 Å². The molecule has 0 atom stereocenters. The van der Waals surface area contributed by atoms with Crippen molar-refractivity contribution < 1.29 is 4.74 Å². The Hall–Kier alpha value is -1.70. The van der Waals surface area contributed by atoms with Gasteiger partial charge in [0, 0.05) is 9.50 Å². The Morgan fingerprint density at radius 2 is 2.00 bits per heavy atom. The van der Waals surface area contributed by atoms with Gasteiger partial charge in [-0.1, -0.05) is 11.6 Å². The zero-order valence-electron chi connectivity index (χ0n) is 10.1. The lowest BCUT2D eigenvalue weighted by atomic mass is 10.2. The number of nitriles is 1. The summed E-state index contributed by atoms with van der Waals surface area (Å²) in [6, 6.07) is 12.7. The normalized spacial score (nSPS) is 9.79. The fourth-order valence-corrected chi connectivity index (χ4v) is 2.26. The van der Waals surface area contributed by atoms with Crippen LogP contribution in [-0.4, -0.2) is 7.11 Å². The average molecular weight is 338 g/mol. The van der Waals surface area contributed by atoms with Crippen molar-refractivity contribution in [3.63, 3.8) is 0 Å². The van der Waals surface area contributed by atoms with Crippen molar-refractivity contribution in [2.75, 3.05) is 12.4 Å². The van der Waals surface area contributed by atoms with Crippen molar-refractivity contribution in [2.24, 2.45) is 0 Å². The van der Waals surface area contributed by atoms with E-state index in [1.165, 1.54) is 0 Å². The smallest absolute Gasteiger partial charge is 0.142 e. The van der Waals surface area contributed by atoms with Crippen LogP contribution in [0.4, 0.5) is 11.4 Å². The highest BCUT2D eigenvalue weighted by molar-refractivity contribution is 9.10. The molecule has 5 heteroatoms. The molecule has 0 fully saturated rings. The standard InChI is InChI=1S/C14H10BrClN2O/c1-19-14-5-3-10(16)7-13(14)18-12-4-2-9(8-17)6-11(12)15/h2-7,18H,1H3. The molecule has 2 rings (SSSR count). The summed E-state index contributed by atoms with van der Waals surface area (Å²) in [4.78, 5) is 0. The molecule has 0 bridgehead atoms. The number of nitrogens with zero attached hydrogens (tertiary/aromatic N) is 1. The van der Waals surface area contributed by atoms with E-state index in [0.717, 1.165) is 15.8 Å². The zero-order valence-corrected chi connectivity index (χ0v) is 12.4. The van der Waals surface area contributed by atoms with Gasteiger partial charge >= 0.3 is 0 Å². The molecule has 0 radical (unpaired) electrons. The van der Waals surface area contributed by atoms with Crippen molar-refractivity contribution in [3.05, 3.63) is 51.5 Å². The Balaban J connectivity index is 2.36. The van der Waals surface area contributed by atoms with Gasteiger partial charge in [-0.25, -0.2) is 0 Å². The Morgan fingerprint density at radius 1 is 1.21 bits per heavy atom. The predicted molar refractivity (Wildman–Crippen MR) is 80.1 cm³/mol. The zero-order chi connectivity index (χ0) is 13.8. The van der Waals surface area contributed by atoms with E-state index in [1.807, 2.05) is 6.07 Å². The van der Waals surface area contributed by atoms with Gasteiger partial charge in [0.15, 0.2) is 0 Å². The van der Waals surface area contributed by atoms with Gasteiger partial charge in [-0.2, -0.15) is 5.26 Å². The average Bonchev–Trinajstić information content (AvgIpc) is 2.41. The summed E-state index contributed by atoms with van der Waals surface area (Å²) in [5.41, 5.74) is 2.19. The topological polar surface area (TPSA) is 45.0 Å². The summed E-state index contributed by atoms with van der Waals surface area (Å²) < 4.78 is 6.07. The number of hydrogen-bond donors (Lipinski definition) is 1. The Kier molecular flexibility index (Phi) is 4.31. The van der Waals surface area contributed by atoms with Gasteiger partial charge in [-0.15, -0.1) is 0 Å². The number of ether oxygens (including phenoxy) is 1. The van der Waals surface area contributed by atoms with Crippen LogP contribution >= 0.6 is 27.5 Å². The van der Waals surface area contributed by atoms with Crippen molar-refractivity contribution in [2.45, 2.75) is 0 Å². The molecule has 96 valence electrons. The minimum absolute atomic E-state index is 0.593. The van der Waals surface area contributed by atoms with E-state index in [-0.39, 0.29) is 0 Å². The van der Waals surface area contributed by atoms with Crippen LogP contribution in [-0.2, 0) is 0 Å². The molecule has 0 heterocycles. The van der Waals surface area contributed by atoms with Gasteiger partial charge in [0.25, 0.3) is 0 Å². The fraction of sp³-hybridized carbons (Fsp3) is 0.0714. The quantitative estimate of drug-likeness (QED) is 0.881. The lowest BCUT2D eigenvalue weighted by Crippen LogP contribution is -1.95. The van der Waals surface area contributed by atoms with Crippen LogP contribution in [0.5, 0.6) is 5.75 Å². The predicted octanol–water partition coefficient (Wildman–Crippen LogP) is 4.73. The molecule has 0 aromatic heterocycles. The molecule has 0 aliphatic rings. The van der Waals surface area contributed by atoms with E-state index in [1.54, 1.807) is 37.4 Å². The lowest BCUT2D eigenvalue weighted by Gasteiger charge is -2.13. The summed E-state index contributed by atoms with van der Waals surface area (Å²) in [6.07, 6.45) is 0. The Morgan fingerprint density at radius 3 is 2.63 bits per heavy atom. The minimum Gasteiger partial charge on any atom is -0.495 e. The number of hydrogen-bond acceptors (Lipinski definition) is 3. The number of halogens is 2. The number of benzene rings is 2. The fourth-order valence-electron chi connectivity index (χ4n) is 1.61. The third-order valence-corrected chi connectivity index (χ3v) is 3.42. The molecule has 2 aromatic rings. The maximum atomic E-state index is 8.83. The summed E-state index contributed by atoms with van der Waals surface area (Å²) >= 11 is 9.40. The van der Waals surface area contributed by atoms with Crippen LogP contribution in [0.15, 0.2) is 40.9 Å². The first-order chi connectivity index (χ1) is 9.13. The molecule has 0 amide bonds. The highest BCUT2D eigenvalue weighted by Crippen LogP contribution is 2.33. The molecule has 19 heavy (non-hydrogen) atoms. The molecule has 1 N–H and O–H groups in total. The molecule has 2 aromatic carbocycles. The largest absolute Gasteiger partial charge is 0.495 e. The molecule has 0 saturated heterocycles. The first-order valence-electron chi connectivity index (χ1n) is 5.44. The maximum Gasteiger partial charge on any atom is 0.142 e. The molecular weight excluding hydrogens is 328 g/mol. The molecule has 0 aliphatic carbocycles. The van der Waals surface area contributed by atoms with Crippen molar-refractivity contribution >= 4 is 38.9 Å². The van der Waals surface area contributed by atoms with Crippen LogP contribution in [0.1, 0.15) is 5.56 Å². The van der Waals surface area contributed by atoms with Crippen LogP contribution < -0.4 is 10.1 Å². The van der Waals surface area contributed by atoms with E-state index in [4.69, 9.17) is 21.6 Å². The highest BCUT2D eigenvalue weighted by Gasteiger charge is 2.07. The van der Waals surface area contributed by atoms with Gasteiger partial charge in [0.05, 0.1) is 30.1 Å². The Labute approximate surface area is 124 Å². The van der Waals surface area contributed by atoms with Gasteiger partial charge in [0.2, 0.25) is 0 Å². The van der Waals surface area contributed by atoms with Crippen LogP contribution in [0.2, 0.25) is 5.02 Å². The molecule has 3 nitrogen and oxygen atoms in total. The summed E-state index contributed by atoms with van der Waals surface area (Å²) in [5.74, 6) is 0.695. The van der Waals surface area contributed by atoms with E-state index < -0.39 is 0 Å². The monoisotopic (exact) mass is 336 g/mol. The van der Waals surface area contributed by atoms with Gasteiger partial charge in [0.1, 0.15) is 5.75 Å². The SMILES string of the molecule is COc1ccc(Cl)cc1Nc1ccc(C#N)cc1Br. The summed E-state index contributed by atoms with van der Waals surface area (Å²) in [5, 5.41) is 12.7. The van der Waals surface area contributed by atoms with E-state index in [0.29, 0.717) is 16.3 Å². The van der Waals surface area contributed by atoms with Gasteiger partial charge < -0.3 is 10.1 Å². The molecule has 0 saturated carbocycles. The minimum atomic E-state index is 0.593. The first-order valence-corrected chi connectivity index (χ1v) is 6.61. The Bertz CT molecular complexity index is 652. The second-order valence-corrected chi connectivity index (χ2v) is 5.07. The molecule has 0 aliphatic heterocycles. The number of anilines is 2. The highest BCUT2D eigenvalue weighted by atomic mass is 79.9. The molecular formula is C14H10BrClN2O. The lowest BCUT2D eigenvalue weighted by molar-refractivity contribution is 0.417. The second kappa shape index (κ2) is 5.96. The van der Waals surface area contributed by atoms with Crippen molar-refractivity contribution in [3.8, 4) is 11.8 Å². The summed E-state index contributed by atoms with van der Waals surface area (Å²) in [7, 11) is 1.60. The van der Waals surface area contributed by atoms with E-state index >= 15 is 0 Å². The van der Waals surface area contributed by atoms with Crippen molar-refractivity contribution in [1.82, 2.24) is 0 Å². The maximum absolute atomic E-state index is 8.83. The number of nitrogens with one attached hydrogen (secondary N) is 1. The second-order valence-electron chi connectivity index (χ2n) is 3.78. The number of rotatable bonds is 3. The van der Waals surface area contributed by atoms with Crippen molar-refractivity contribution in [1.29, 1.82) is 5.26 Å². The third-order valence-electron chi connectivity index (χ3n) is 2.53. The van der Waals surface area contributed by atoms with Gasteiger partial charge in [-0.3, -0.25) is 0 Å².